The van der Waals surface area contributed by atoms with Gasteiger partial charge in [-0.25, -0.2) is 0 Å². The summed E-state index contributed by atoms with van der Waals surface area (Å²) in [5, 5.41) is 0. The molecule has 23 heavy (non-hydrogen) atoms. The zero-order valence-electron chi connectivity index (χ0n) is 14.1. The molecule has 1 aliphatic rings. The minimum Gasteiger partial charge on any atom is -0.339 e. The van der Waals surface area contributed by atoms with Crippen LogP contribution in [0.4, 0.5) is 0 Å². The molecule has 0 atom stereocenters. The van der Waals surface area contributed by atoms with Crippen LogP contribution in [0, 0.1) is 5.41 Å². The number of nitrogens with two attached hydrogens (primary N) is 1. The summed E-state index contributed by atoms with van der Waals surface area (Å²) in [6.45, 7) is 6.73. The highest BCUT2D eigenvalue weighted by Crippen LogP contribution is 2.28. The quantitative estimate of drug-likeness (QED) is 0.899. The molecule has 2 amide bonds. The van der Waals surface area contributed by atoms with Crippen LogP contribution in [-0.2, 0) is 4.79 Å². The van der Waals surface area contributed by atoms with Crippen molar-refractivity contribution in [1.29, 1.82) is 0 Å². The number of carbonyl (C=O) groups is 2. The first kappa shape index (κ1) is 17.5. The lowest BCUT2D eigenvalue weighted by molar-refractivity contribution is -0.143. The van der Waals surface area contributed by atoms with Crippen molar-refractivity contribution >= 4 is 11.8 Å². The van der Waals surface area contributed by atoms with Crippen molar-refractivity contribution in [2.75, 3.05) is 32.7 Å². The summed E-state index contributed by atoms with van der Waals surface area (Å²) < 4.78 is 0. The first-order valence-electron chi connectivity index (χ1n) is 8.41. The first-order valence-corrected chi connectivity index (χ1v) is 8.41. The number of carbonyl (C=O) groups excluding carboxylic acids is 2. The summed E-state index contributed by atoms with van der Waals surface area (Å²) in [4.78, 5) is 28.9. The number of hydrogen-bond donors (Lipinski definition) is 1. The van der Waals surface area contributed by atoms with E-state index in [2.05, 4.69) is 0 Å². The highest BCUT2D eigenvalue weighted by molar-refractivity contribution is 5.94. The van der Waals surface area contributed by atoms with Crippen LogP contribution in [-0.4, -0.2) is 54.3 Å². The van der Waals surface area contributed by atoms with E-state index < -0.39 is 5.41 Å². The number of amides is 2. The monoisotopic (exact) mass is 317 g/mol. The molecular weight excluding hydrogens is 290 g/mol. The number of piperazine rings is 1. The van der Waals surface area contributed by atoms with E-state index in [0.29, 0.717) is 38.3 Å². The standard InChI is InChI=1S/C18H27N3O2/c1-3-18(4-2,14-19)17(23)21-12-10-20(11-13-21)16(22)15-8-6-5-7-9-15/h5-9H,3-4,10-14,19H2,1-2H3. The molecule has 1 aromatic rings. The third-order valence-electron chi connectivity index (χ3n) is 5.07. The van der Waals surface area contributed by atoms with Crippen LogP contribution in [0.3, 0.4) is 0 Å². The molecule has 1 heterocycles. The van der Waals surface area contributed by atoms with Crippen molar-refractivity contribution in [1.82, 2.24) is 9.80 Å². The van der Waals surface area contributed by atoms with Crippen LogP contribution < -0.4 is 5.73 Å². The first-order chi connectivity index (χ1) is 11.1. The number of rotatable bonds is 5. The van der Waals surface area contributed by atoms with Gasteiger partial charge in [0.1, 0.15) is 0 Å². The predicted molar refractivity (Wildman–Crippen MR) is 91.0 cm³/mol. The fraction of sp³-hybridized carbons (Fsp3) is 0.556. The zero-order chi connectivity index (χ0) is 16.9. The molecule has 0 saturated carbocycles. The second-order valence-electron chi connectivity index (χ2n) is 6.14. The molecule has 5 nitrogen and oxygen atoms in total. The van der Waals surface area contributed by atoms with Crippen LogP contribution in [0.15, 0.2) is 30.3 Å². The van der Waals surface area contributed by atoms with Crippen molar-refractivity contribution in [3.8, 4) is 0 Å². The minimum atomic E-state index is -0.453. The van der Waals surface area contributed by atoms with Gasteiger partial charge in [0.15, 0.2) is 0 Å². The van der Waals surface area contributed by atoms with Gasteiger partial charge in [-0.1, -0.05) is 32.0 Å². The molecule has 1 aliphatic heterocycles. The molecule has 2 N–H and O–H groups in total. The molecule has 0 spiro atoms. The van der Waals surface area contributed by atoms with Gasteiger partial charge >= 0.3 is 0 Å². The Bertz CT molecular complexity index is 524. The Balaban J connectivity index is 1.98. The van der Waals surface area contributed by atoms with Gasteiger partial charge in [0.25, 0.3) is 5.91 Å². The van der Waals surface area contributed by atoms with Crippen LogP contribution >= 0.6 is 0 Å². The zero-order valence-corrected chi connectivity index (χ0v) is 14.1. The largest absolute Gasteiger partial charge is 0.339 e. The molecule has 5 heteroatoms. The third kappa shape index (κ3) is 3.55. The molecule has 1 saturated heterocycles. The summed E-state index contributed by atoms with van der Waals surface area (Å²) in [5.74, 6) is 0.172. The Kier molecular flexibility index (Phi) is 5.77. The van der Waals surface area contributed by atoms with E-state index in [4.69, 9.17) is 5.73 Å². The predicted octanol–water partition coefficient (Wildman–Crippen LogP) is 1.74. The van der Waals surface area contributed by atoms with Crippen molar-refractivity contribution in [3.05, 3.63) is 35.9 Å². The van der Waals surface area contributed by atoms with E-state index in [9.17, 15) is 9.59 Å². The molecule has 126 valence electrons. The molecule has 1 aromatic carbocycles. The van der Waals surface area contributed by atoms with Gasteiger partial charge in [-0.15, -0.1) is 0 Å². The molecule has 0 aromatic heterocycles. The average Bonchev–Trinajstić information content (AvgIpc) is 2.64. The van der Waals surface area contributed by atoms with Gasteiger partial charge in [-0.3, -0.25) is 9.59 Å². The Hall–Kier alpha value is -1.88. The van der Waals surface area contributed by atoms with Gasteiger partial charge in [-0.05, 0) is 25.0 Å². The molecular formula is C18H27N3O2. The van der Waals surface area contributed by atoms with Crippen LogP contribution in [0.2, 0.25) is 0 Å². The lowest BCUT2D eigenvalue weighted by Gasteiger charge is -2.40. The highest BCUT2D eigenvalue weighted by Gasteiger charge is 2.38. The SMILES string of the molecule is CCC(CC)(CN)C(=O)N1CCN(C(=O)c2ccccc2)CC1. The van der Waals surface area contributed by atoms with Gasteiger partial charge in [0.2, 0.25) is 5.91 Å². The lowest BCUT2D eigenvalue weighted by atomic mass is 9.81. The summed E-state index contributed by atoms with van der Waals surface area (Å²) in [5.41, 5.74) is 6.12. The summed E-state index contributed by atoms with van der Waals surface area (Å²) >= 11 is 0. The van der Waals surface area contributed by atoms with Crippen molar-refractivity contribution in [2.24, 2.45) is 11.1 Å². The van der Waals surface area contributed by atoms with Crippen LogP contribution in [0.5, 0.6) is 0 Å². The summed E-state index contributed by atoms with van der Waals surface area (Å²) in [6, 6.07) is 9.28. The smallest absolute Gasteiger partial charge is 0.253 e. The Labute approximate surface area is 138 Å². The van der Waals surface area contributed by atoms with E-state index in [0.717, 1.165) is 12.8 Å². The van der Waals surface area contributed by atoms with Crippen molar-refractivity contribution < 1.29 is 9.59 Å². The topological polar surface area (TPSA) is 66.6 Å². The second kappa shape index (κ2) is 7.59. The molecule has 0 bridgehead atoms. The van der Waals surface area contributed by atoms with Crippen LogP contribution in [0.25, 0.3) is 0 Å². The van der Waals surface area contributed by atoms with Crippen molar-refractivity contribution in [3.63, 3.8) is 0 Å². The molecule has 1 fully saturated rings. The van der Waals surface area contributed by atoms with Gasteiger partial charge in [-0.2, -0.15) is 0 Å². The number of nitrogens with zero attached hydrogens (tertiary/aromatic N) is 2. The van der Waals surface area contributed by atoms with Crippen molar-refractivity contribution in [2.45, 2.75) is 26.7 Å². The molecule has 0 aliphatic carbocycles. The third-order valence-corrected chi connectivity index (χ3v) is 5.07. The number of benzene rings is 1. The van der Waals surface area contributed by atoms with Gasteiger partial charge in [0, 0.05) is 38.3 Å². The second-order valence-corrected chi connectivity index (χ2v) is 6.14. The highest BCUT2D eigenvalue weighted by atomic mass is 16.2. The van der Waals surface area contributed by atoms with E-state index in [-0.39, 0.29) is 11.8 Å². The normalized spacial score (nSPS) is 15.6. The fourth-order valence-corrected chi connectivity index (χ4v) is 3.14. The lowest BCUT2D eigenvalue weighted by Crippen LogP contribution is -2.55. The maximum atomic E-state index is 12.8. The van der Waals surface area contributed by atoms with Gasteiger partial charge in [0.05, 0.1) is 5.41 Å². The molecule has 0 radical (unpaired) electrons. The van der Waals surface area contributed by atoms with E-state index in [1.54, 1.807) is 0 Å². The summed E-state index contributed by atoms with van der Waals surface area (Å²) in [6.07, 6.45) is 1.50. The van der Waals surface area contributed by atoms with E-state index >= 15 is 0 Å². The van der Waals surface area contributed by atoms with E-state index in [1.807, 2.05) is 54.0 Å². The minimum absolute atomic E-state index is 0.0359. The Morgan fingerprint density at radius 1 is 1.00 bits per heavy atom. The maximum Gasteiger partial charge on any atom is 0.253 e. The molecule has 2 rings (SSSR count). The van der Waals surface area contributed by atoms with Gasteiger partial charge < -0.3 is 15.5 Å². The summed E-state index contributed by atoms with van der Waals surface area (Å²) in [7, 11) is 0. The number of hydrogen-bond acceptors (Lipinski definition) is 3. The molecule has 0 unspecified atom stereocenters. The maximum absolute atomic E-state index is 12.8. The van der Waals surface area contributed by atoms with Crippen LogP contribution in [0.1, 0.15) is 37.0 Å². The Morgan fingerprint density at radius 2 is 1.52 bits per heavy atom. The fourth-order valence-electron chi connectivity index (χ4n) is 3.14. The Morgan fingerprint density at radius 3 is 2.00 bits per heavy atom. The van der Waals surface area contributed by atoms with E-state index in [1.165, 1.54) is 0 Å². The average molecular weight is 317 g/mol.